The van der Waals surface area contributed by atoms with Crippen LogP contribution in [-0.2, 0) is 5.41 Å². The lowest BCUT2D eigenvalue weighted by Crippen LogP contribution is -2.12. The molecule has 1 aromatic heterocycles. The fourth-order valence-corrected chi connectivity index (χ4v) is 2.27. The maximum Gasteiger partial charge on any atom is 0.116 e. The van der Waals surface area contributed by atoms with Crippen molar-refractivity contribution in [1.29, 1.82) is 0 Å². The van der Waals surface area contributed by atoms with Gasteiger partial charge < -0.3 is 0 Å². The van der Waals surface area contributed by atoms with Crippen molar-refractivity contribution < 1.29 is 0 Å². The first kappa shape index (κ1) is 12.1. The molecule has 88 valence electrons. The van der Waals surface area contributed by atoms with Gasteiger partial charge in [-0.05, 0) is 17.0 Å². The highest BCUT2D eigenvalue weighted by Gasteiger charge is 2.19. The summed E-state index contributed by atoms with van der Waals surface area (Å²) in [6.07, 6.45) is 3.26. The van der Waals surface area contributed by atoms with E-state index >= 15 is 0 Å². The SMILES string of the molecule is CC(C)(C)c1cccc(-c2ccncn2)c1Cl. The van der Waals surface area contributed by atoms with Crippen LogP contribution in [-0.4, -0.2) is 9.97 Å². The van der Waals surface area contributed by atoms with Gasteiger partial charge in [-0.3, -0.25) is 0 Å². The first-order valence-electron chi connectivity index (χ1n) is 5.55. The second kappa shape index (κ2) is 4.46. The van der Waals surface area contributed by atoms with Crippen LogP contribution in [0.15, 0.2) is 36.8 Å². The monoisotopic (exact) mass is 246 g/mol. The van der Waals surface area contributed by atoms with Crippen LogP contribution >= 0.6 is 11.6 Å². The predicted molar refractivity (Wildman–Crippen MR) is 71.2 cm³/mol. The molecule has 1 heterocycles. The van der Waals surface area contributed by atoms with Crippen molar-refractivity contribution in [2.24, 2.45) is 0 Å². The van der Waals surface area contributed by atoms with Crippen LogP contribution in [0.1, 0.15) is 26.3 Å². The normalized spacial score (nSPS) is 11.5. The Hall–Kier alpha value is -1.41. The van der Waals surface area contributed by atoms with E-state index in [0.29, 0.717) is 0 Å². The summed E-state index contributed by atoms with van der Waals surface area (Å²) in [6.45, 7) is 6.45. The Balaban J connectivity index is 2.58. The number of benzene rings is 1. The van der Waals surface area contributed by atoms with Gasteiger partial charge in [-0.15, -0.1) is 0 Å². The summed E-state index contributed by atoms with van der Waals surface area (Å²) in [5, 5.41) is 0.777. The zero-order valence-corrected chi connectivity index (χ0v) is 11.0. The molecule has 3 heteroatoms. The lowest BCUT2D eigenvalue weighted by Gasteiger charge is -2.21. The Kier molecular flexibility index (Phi) is 3.16. The summed E-state index contributed by atoms with van der Waals surface area (Å²) in [7, 11) is 0. The minimum atomic E-state index is 0.0279. The van der Waals surface area contributed by atoms with Crippen molar-refractivity contribution in [1.82, 2.24) is 9.97 Å². The fourth-order valence-electron chi connectivity index (χ4n) is 1.76. The third kappa shape index (κ3) is 2.47. The molecule has 0 aliphatic heterocycles. The summed E-state index contributed by atoms with van der Waals surface area (Å²) in [6, 6.07) is 7.94. The molecule has 0 bridgehead atoms. The molecule has 0 spiro atoms. The smallest absolute Gasteiger partial charge is 0.116 e. The minimum absolute atomic E-state index is 0.0279. The van der Waals surface area contributed by atoms with E-state index in [-0.39, 0.29) is 5.41 Å². The summed E-state index contributed by atoms with van der Waals surface area (Å²) in [5.41, 5.74) is 2.98. The molecule has 0 fully saturated rings. The largest absolute Gasteiger partial charge is 0.245 e. The van der Waals surface area contributed by atoms with Crippen LogP contribution in [0, 0.1) is 0 Å². The second-order valence-electron chi connectivity index (χ2n) is 5.01. The van der Waals surface area contributed by atoms with Crippen molar-refractivity contribution in [3.8, 4) is 11.3 Å². The highest BCUT2D eigenvalue weighted by molar-refractivity contribution is 6.34. The van der Waals surface area contributed by atoms with Crippen LogP contribution < -0.4 is 0 Å². The number of nitrogens with zero attached hydrogens (tertiary/aromatic N) is 2. The molecule has 0 saturated heterocycles. The molecule has 2 aromatic rings. The zero-order valence-electron chi connectivity index (χ0n) is 10.2. The van der Waals surface area contributed by atoms with Gasteiger partial charge >= 0.3 is 0 Å². The van der Waals surface area contributed by atoms with Gasteiger partial charge in [0.15, 0.2) is 0 Å². The summed E-state index contributed by atoms with van der Waals surface area (Å²) < 4.78 is 0. The van der Waals surface area contributed by atoms with Crippen molar-refractivity contribution >= 4 is 11.6 Å². The molecule has 2 rings (SSSR count). The van der Waals surface area contributed by atoms with E-state index in [1.54, 1.807) is 6.20 Å². The quantitative estimate of drug-likeness (QED) is 0.757. The Labute approximate surface area is 107 Å². The van der Waals surface area contributed by atoms with Crippen LogP contribution in [0.4, 0.5) is 0 Å². The Morgan fingerprint density at radius 1 is 1.12 bits per heavy atom. The first-order chi connectivity index (χ1) is 8.00. The third-order valence-electron chi connectivity index (χ3n) is 2.66. The molecule has 0 atom stereocenters. The molecule has 0 saturated carbocycles. The molecule has 0 amide bonds. The summed E-state index contributed by atoms with van der Waals surface area (Å²) >= 11 is 6.47. The van der Waals surface area contributed by atoms with Crippen molar-refractivity contribution in [3.63, 3.8) is 0 Å². The van der Waals surface area contributed by atoms with Gasteiger partial charge in [0.1, 0.15) is 6.33 Å². The highest BCUT2D eigenvalue weighted by atomic mass is 35.5. The van der Waals surface area contributed by atoms with E-state index in [1.807, 2.05) is 18.2 Å². The van der Waals surface area contributed by atoms with Gasteiger partial charge in [0.25, 0.3) is 0 Å². The van der Waals surface area contributed by atoms with Crippen molar-refractivity contribution in [3.05, 3.63) is 47.4 Å². The first-order valence-corrected chi connectivity index (χ1v) is 5.93. The van der Waals surface area contributed by atoms with E-state index in [1.165, 1.54) is 6.33 Å². The molecule has 0 unspecified atom stereocenters. The molecule has 1 aromatic carbocycles. The second-order valence-corrected chi connectivity index (χ2v) is 5.39. The molecule has 17 heavy (non-hydrogen) atoms. The van der Waals surface area contributed by atoms with Crippen LogP contribution in [0.2, 0.25) is 5.02 Å². The van der Waals surface area contributed by atoms with Crippen LogP contribution in [0.3, 0.4) is 0 Å². The van der Waals surface area contributed by atoms with Crippen LogP contribution in [0.5, 0.6) is 0 Å². The predicted octanol–water partition coefficient (Wildman–Crippen LogP) is 4.09. The van der Waals surface area contributed by atoms with Crippen molar-refractivity contribution in [2.45, 2.75) is 26.2 Å². The molecule has 0 N–H and O–H groups in total. The van der Waals surface area contributed by atoms with E-state index in [2.05, 4.69) is 36.8 Å². The van der Waals surface area contributed by atoms with Crippen LogP contribution in [0.25, 0.3) is 11.3 Å². The highest BCUT2D eigenvalue weighted by Crippen LogP contribution is 2.35. The number of halogens is 1. The van der Waals surface area contributed by atoms with E-state index in [9.17, 15) is 0 Å². The van der Waals surface area contributed by atoms with Gasteiger partial charge in [-0.25, -0.2) is 9.97 Å². The van der Waals surface area contributed by atoms with E-state index < -0.39 is 0 Å². The Morgan fingerprint density at radius 3 is 2.47 bits per heavy atom. The van der Waals surface area contributed by atoms with E-state index in [0.717, 1.165) is 21.8 Å². The molecular weight excluding hydrogens is 232 g/mol. The summed E-state index contributed by atoms with van der Waals surface area (Å²) in [4.78, 5) is 8.15. The van der Waals surface area contributed by atoms with Gasteiger partial charge in [0, 0.05) is 11.8 Å². The lowest BCUT2D eigenvalue weighted by atomic mass is 9.86. The van der Waals surface area contributed by atoms with Gasteiger partial charge in [0.05, 0.1) is 10.7 Å². The standard InChI is InChI=1S/C14H15ClN2/c1-14(2,3)11-6-4-5-10(13(11)15)12-7-8-16-9-17-12/h4-9H,1-3H3. The Morgan fingerprint density at radius 2 is 1.88 bits per heavy atom. The number of aromatic nitrogens is 2. The molecule has 0 aliphatic carbocycles. The van der Waals surface area contributed by atoms with Gasteiger partial charge in [-0.1, -0.05) is 50.6 Å². The summed E-state index contributed by atoms with van der Waals surface area (Å²) in [5.74, 6) is 0. The number of hydrogen-bond donors (Lipinski definition) is 0. The zero-order chi connectivity index (χ0) is 12.5. The average Bonchev–Trinajstić information content (AvgIpc) is 2.29. The van der Waals surface area contributed by atoms with Gasteiger partial charge in [0.2, 0.25) is 0 Å². The fraction of sp³-hybridized carbons (Fsp3) is 0.286. The number of hydrogen-bond acceptors (Lipinski definition) is 2. The third-order valence-corrected chi connectivity index (χ3v) is 3.07. The Bertz CT molecular complexity index is 515. The number of rotatable bonds is 1. The van der Waals surface area contributed by atoms with Gasteiger partial charge in [-0.2, -0.15) is 0 Å². The molecule has 0 radical (unpaired) electrons. The molecule has 0 aliphatic rings. The topological polar surface area (TPSA) is 25.8 Å². The maximum absolute atomic E-state index is 6.47. The molecule has 2 nitrogen and oxygen atoms in total. The average molecular weight is 247 g/mol. The van der Waals surface area contributed by atoms with Crippen molar-refractivity contribution in [2.75, 3.05) is 0 Å². The molecular formula is C14H15ClN2. The van der Waals surface area contributed by atoms with E-state index in [4.69, 9.17) is 11.6 Å². The minimum Gasteiger partial charge on any atom is -0.245 e. The lowest BCUT2D eigenvalue weighted by molar-refractivity contribution is 0.591. The maximum atomic E-state index is 6.47.